The zero-order chi connectivity index (χ0) is 22.0. The van der Waals surface area contributed by atoms with Crippen molar-refractivity contribution in [3.63, 3.8) is 0 Å². The first kappa shape index (κ1) is 22.3. The number of likely N-dealkylation sites (tertiary alicyclic amines) is 1. The third-order valence-electron chi connectivity index (χ3n) is 6.46. The van der Waals surface area contributed by atoms with E-state index in [2.05, 4.69) is 10.2 Å². The average Bonchev–Trinajstić information content (AvgIpc) is 2.75. The molecule has 1 aromatic carbocycles. The lowest BCUT2D eigenvalue weighted by atomic mass is 9.79. The molecule has 166 valence electrons. The van der Waals surface area contributed by atoms with Crippen molar-refractivity contribution < 1.29 is 18.7 Å². The molecule has 1 unspecified atom stereocenters. The zero-order valence-electron chi connectivity index (χ0n) is 17.1. The van der Waals surface area contributed by atoms with Gasteiger partial charge < -0.3 is 14.4 Å². The van der Waals surface area contributed by atoms with Crippen LogP contribution < -0.4 is 5.32 Å². The first-order valence-corrected chi connectivity index (χ1v) is 11.4. The van der Waals surface area contributed by atoms with Gasteiger partial charge in [0.05, 0.1) is 10.0 Å². The second kappa shape index (κ2) is 9.31. The molecule has 31 heavy (non-hydrogen) atoms. The summed E-state index contributed by atoms with van der Waals surface area (Å²) in [5.41, 5.74) is 1.71. The molecule has 1 N–H and O–H groups in total. The van der Waals surface area contributed by atoms with E-state index in [0.717, 1.165) is 49.2 Å². The Bertz CT molecular complexity index is 939. The summed E-state index contributed by atoms with van der Waals surface area (Å²) in [6, 6.07) is 5.30. The van der Waals surface area contributed by atoms with E-state index in [1.165, 1.54) is 0 Å². The fraction of sp³-hybridized carbons (Fsp3) is 0.478. The Labute approximate surface area is 191 Å². The Morgan fingerprint density at radius 2 is 2.00 bits per heavy atom. The van der Waals surface area contributed by atoms with E-state index in [0.29, 0.717) is 42.1 Å². The highest BCUT2D eigenvalue weighted by Crippen LogP contribution is 2.42. The third-order valence-corrected chi connectivity index (χ3v) is 7.20. The van der Waals surface area contributed by atoms with Crippen molar-refractivity contribution >= 4 is 35.6 Å². The molecule has 1 aromatic rings. The second-order valence-electron chi connectivity index (χ2n) is 8.39. The Balaban J connectivity index is 1.33. The zero-order valence-corrected chi connectivity index (χ0v) is 18.6. The number of alkyl carbamates (subject to hydrolysis) is 1. The number of amides is 1. The highest BCUT2D eigenvalue weighted by molar-refractivity contribution is 6.42. The molecule has 0 radical (unpaired) electrons. The SMILES string of the molecule is O=CC(CCCN1CCC2(CC1)OC(=O)NC1=C2C=C(F)CC1)c1ccc(Cl)c(Cl)c1. The van der Waals surface area contributed by atoms with Crippen molar-refractivity contribution in [1.29, 1.82) is 0 Å². The molecule has 1 amide bonds. The van der Waals surface area contributed by atoms with E-state index in [1.54, 1.807) is 18.2 Å². The summed E-state index contributed by atoms with van der Waals surface area (Å²) in [5.74, 6) is -0.387. The number of rotatable bonds is 6. The number of fused-ring (bicyclic) bond motifs is 1. The first-order chi connectivity index (χ1) is 14.9. The number of carbonyl (C=O) groups excluding carboxylic acids is 2. The monoisotopic (exact) mass is 466 g/mol. The molecule has 0 bridgehead atoms. The van der Waals surface area contributed by atoms with Gasteiger partial charge in [-0.15, -0.1) is 0 Å². The summed E-state index contributed by atoms with van der Waals surface area (Å²) in [6.07, 6.45) is 5.69. The molecule has 2 heterocycles. The second-order valence-corrected chi connectivity index (χ2v) is 9.21. The maximum Gasteiger partial charge on any atom is 0.412 e. The summed E-state index contributed by atoms with van der Waals surface area (Å²) >= 11 is 12.0. The molecular formula is C23H25Cl2FN2O3. The Morgan fingerprint density at radius 3 is 2.71 bits per heavy atom. The Kier molecular flexibility index (Phi) is 6.70. The standard InChI is InChI=1S/C23H25Cl2FN2O3/c24-19-5-3-15(12-20(19)25)16(14-29)2-1-9-28-10-7-23(8-11-28)18-13-17(26)4-6-21(18)27-22(30)31-23/h3,5,12-14,16H,1-2,4,6-11H2,(H,27,30). The van der Waals surface area contributed by atoms with E-state index in [1.807, 2.05) is 6.07 Å². The Hall–Kier alpha value is -1.89. The van der Waals surface area contributed by atoms with Gasteiger partial charge in [0.15, 0.2) is 0 Å². The van der Waals surface area contributed by atoms with Crippen LogP contribution in [0.3, 0.4) is 0 Å². The van der Waals surface area contributed by atoms with Crippen LogP contribution in [0, 0.1) is 0 Å². The summed E-state index contributed by atoms with van der Waals surface area (Å²) in [4.78, 5) is 26.0. The molecule has 1 fully saturated rings. The topological polar surface area (TPSA) is 58.6 Å². The van der Waals surface area contributed by atoms with Crippen molar-refractivity contribution in [2.45, 2.75) is 50.0 Å². The highest BCUT2D eigenvalue weighted by Gasteiger charge is 2.46. The van der Waals surface area contributed by atoms with Gasteiger partial charge in [0.25, 0.3) is 0 Å². The predicted molar refractivity (Wildman–Crippen MR) is 118 cm³/mol. The van der Waals surface area contributed by atoms with Gasteiger partial charge in [0, 0.05) is 49.5 Å². The van der Waals surface area contributed by atoms with Gasteiger partial charge in [0.1, 0.15) is 17.7 Å². The molecule has 1 aliphatic carbocycles. The highest BCUT2D eigenvalue weighted by atomic mass is 35.5. The van der Waals surface area contributed by atoms with Crippen LogP contribution in [0.2, 0.25) is 10.0 Å². The lowest BCUT2D eigenvalue weighted by molar-refractivity contribution is -0.109. The van der Waals surface area contributed by atoms with Crippen LogP contribution in [0.1, 0.15) is 50.0 Å². The fourth-order valence-electron chi connectivity index (χ4n) is 4.71. The molecule has 1 spiro atoms. The van der Waals surface area contributed by atoms with Gasteiger partial charge >= 0.3 is 6.09 Å². The molecule has 4 rings (SSSR count). The van der Waals surface area contributed by atoms with E-state index in [4.69, 9.17) is 27.9 Å². The van der Waals surface area contributed by atoms with Gasteiger partial charge in [0.2, 0.25) is 0 Å². The maximum absolute atomic E-state index is 13.9. The van der Waals surface area contributed by atoms with E-state index in [9.17, 15) is 14.0 Å². The number of hydrogen-bond acceptors (Lipinski definition) is 4. The number of allylic oxidation sites excluding steroid dienone is 2. The van der Waals surface area contributed by atoms with Crippen molar-refractivity contribution in [1.82, 2.24) is 10.2 Å². The van der Waals surface area contributed by atoms with E-state index >= 15 is 0 Å². The Morgan fingerprint density at radius 1 is 1.23 bits per heavy atom. The summed E-state index contributed by atoms with van der Waals surface area (Å²) in [6.45, 7) is 2.33. The molecule has 8 heteroatoms. The smallest absolute Gasteiger partial charge is 0.412 e. The number of nitrogens with one attached hydrogen (secondary N) is 1. The lowest BCUT2D eigenvalue weighted by Crippen LogP contribution is -2.53. The number of piperidine rings is 1. The van der Waals surface area contributed by atoms with E-state index < -0.39 is 11.7 Å². The van der Waals surface area contributed by atoms with Crippen LogP contribution in [0.25, 0.3) is 0 Å². The number of carbonyl (C=O) groups is 2. The minimum absolute atomic E-state index is 0.164. The molecule has 1 saturated heterocycles. The largest absolute Gasteiger partial charge is 0.438 e. The third kappa shape index (κ3) is 4.81. The summed E-state index contributed by atoms with van der Waals surface area (Å²) in [5, 5.41) is 3.66. The number of ether oxygens (including phenoxy) is 1. The molecule has 0 aromatic heterocycles. The number of halogens is 3. The minimum Gasteiger partial charge on any atom is -0.438 e. The van der Waals surface area contributed by atoms with Crippen LogP contribution >= 0.6 is 23.2 Å². The van der Waals surface area contributed by atoms with Crippen LogP contribution in [-0.2, 0) is 9.53 Å². The van der Waals surface area contributed by atoms with Gasteiger partial charge in [-0.3, -0.25) is 5.32 Å². The average molecular weight is 467 g/mol. The predicted octanol–water partition coefficient (Wildman–Crippen LogP) is 5.53. The van der Waals surface area contributed by atoms with Crippen molar-refractivity contribution in [2.24, 2.45) is 0 Å². The quantitative estimate of drug-likeness (QED) is 0.559. The molecule has 2 aliphatic heterocycles. The van der Waals surface area contributed by atoms with Crippen LogP contribution in [0.4, 0.5) is 9.18 Å². The van der Waals surface area contributed by atoms with Crippen molar-refractivity contribution in [2.75, 3.05) is 19.6 Å². The number of aldehydes is 1. The maximum atomic E-state index is 13.9. The molecule has 0 saturated carbocycles. The van der Waals surface area contributed by atoms with Crippen LogP contribution in [0.15, 0.2) is 41.4 Å². The van der Waals surface area contributed by atoms with Gasteiger partial charge in [-0.25, -0.2) is 9.18 Å². The van der Waals surface area contributed by atoms with Gasteiger partial charge in [-0.2, -0.15) is 0 Å². The van der Waals surface area contributed by atoms with Crippen LogP contribution in [0.5, 0.6) is 0 Å². The molecule has 5 nitrogen and oxygen atoms in total. The molecule has 3 aliphatic rings. The minimum atomic E-state index is -0.739. The molecule has 1 atom stereocenters. The molecular weight excluding hydrogens is 442 g/mol. The van der Waals surface area contributed by atoms with Crippen molar-refractivity contribution in [3.8, 4) is 0 Å². The number of benzene rings is 1. The van der Waals surface area contributed by atoms with Crippen molar-refractivity contribution in [3.05, 3.63) is 57.0 Å². The first-order valence-electron chi connectivity index (χ1n) is 10.6. The summed E-state index contributed by atoms with van der Waals surface area (Å²) < 4.78 is 19.6. The van der Waals surface area contributed by atoms with Crippen LogP contribution in [-0.4, -0.2) is 42.5 Å². The lowest BCUT2D eigenvalue weighted by Gasteiger charge is -2.45. The fourth-order valence-corrected chi connectivity index (χ4v) is 5.02. The number of hydrogen-bond donors (Lipinski definition) is 1. The summed E-state index contributed by atoms with van der Waals surface area (Å²) in [7, 11) is 0. The van der Waals surface area contributed by atoms with E-state index in [-0.39, 0.29) is 11.7 Å². The normalized spacial score (nSPS) is 21.8. The number of nitrogens with zero attached hydrogens (tertiary/aromatic N) is 1. The van der Waals surface area contributed by atoms with Gasteiger partial charge in [-0.1, -0.05) is 29.3 Å². The van der Waals surface area contributed by atoms with Gasteiger partial charge in [-0.05, 0) is 49.6 Å².